The Labute approximate surface area is 116 Å². The molecule has 1 aromatic rings. The summed E-state index contributed by atoms with van der Waals surface area (Å²) < 4.78 is 96.5. The van der Waals surface area contributed by atoms with E-state index in [-0.39, 0.29) is 5.56 Å². The van der Waals surface area contributed by atoms with E-state index < -0.39 is 31.0 Å². The molecule has 0 atom stereocenters. The standard InChI is InChI=1S/C9H5F8IS/c10-9(11,12)7-3-1-6(2-4-7)8(18)5-19(13,14,15,16)17/h1-5H/b8-5+. The van der Waals surface area contributed by atoms with Gasteiger partial charge in [0.1, 0.15) is 0 Å². The van der Waals surface area contributed by atoms with Crippen molar-refractivity contribution in [3.05, 3.63) is 40.8 Å². The molecule has 0 N–H and O–H groups in total. The van der Waals surface area contributed by atoms with Crippen molar-refractivity contribution < 1.29 is 32.6 Å². The second-order valence-corrected chi connectivity index (χ2v) is 7.02. The zero-order chi connectivity index (χ0) is 15.2. The van der Waals surface area contributed by atoms with Crippen LogP contribution in [0.5, 0.6) is 0 Å². The van der Waals surface area contributed by atoms with Crippen molar-refractivity contribution in [1.82, 2.24) is 0 Å². The summed E-state index contributed by atoms with van der Waals surface area (Å²) in [6.07, 6.45) is -4.65. The van der Waals surface area contributed by atoms with Crippen LogP contribution >= 0.6 is 32.8 Å². The third-order valence-corrected chi connectivity index (χ3v) is 3.85. The van der Waals surface area contributed by atoms with Crippen molar-refractivity contribution in [1.29, 1.82) is 0 Å². The van der Waals surface area contributed by atoms with Crippen molar-refractivity contribution in [2.75, 3.05) is 0 Å². The van der Waals surface area contributed by atoms with E-state index in [0.717, 1.165) is 22.6 Å². The van der Waals surface area contributed by atoms with Crippen LogP contribution in [0.1, 0.15) is 11.1 Å². The van der Waals surface area contributed by atoms with Crippen LogP contribution in [0.15, 0.2) is 29.7 Å². The Morgan fingerprint density at radius 3 is 1.68 bits per heavy atom. The molecular formula is C9H5F8IS. The van der Waals surface area contributed by atoms with Crippen molar-refractivity contribution >= 4 is 36.4 Å². The molecule has 0 saturated heterocycles. The molecule has 1 rings (SSSR count). The van der Waals surface area contributed by atoms with E-state index in [4.69, 9.17) is 0 Å². The Morgan fingerprint density at radius 2 is 1.37 bits per heavy atom. The lowest BCUT2D eigenvalue weighted by Gasteiger charge is -2.37. The van der Waals surface area contributed by atoms with Gasteiger partial charge in [0.05, 0.1) is 11.0 Å². The number of benzene rings is 1. The van der Waals surface area contributed by atoms with E-state index in [2.05, 4.69) is 0 Å². The van der Waals surface area contributed by atoms with Crippen LogP contribution < -0.4 is 0 Å². The Morgan fingerprint density at radius 1 is 0.947 bits per heavy atom. The summed E-state index contributed by atoms with van der Waals surface area (Å²) in [5.74, 6) is 0. The quantitative estimate of drug-likeness (QED) is 0.365. The summed E-state index contributed by atoms with van der Waals surface area (Å²) in [5.41, 5.74) is -1.45. The smallest absolute Gasteiger partial charge is 0.166 e. The van der Waals surface area contributed by atoms with Crippen LogP contribution in [0.3, 0.4) is 0 Å². The fourth-order valence-electron chi connectivity index (χ4n) is 1.08. The maximum atomic E-state index is 12.2. The fraction of sp³-hybridized carbons (Fsp3) is 0.111. The molecule has 110 valence electrons. The maximum absolute atomic E-state index is 12.2. The molecule has 0 amide bonds. The number of alkyl halides is 3. The van der Waals surface area contributed by atoms with Gasteiger partial charge in [0.2, 0.25) is 0 Å². The molecule has 0 unspecified atom stereocenters. The van der Waals surface area contributed by atoms with E-state index >= 15 is 0 Å². The Hall–Kier alpha value is -0.520. The van der Waals surface area contributed by atoms with E-state index in [0.29, 0.717) is 24.3 Å². The zero-order valence-electron chi connectivity index (χ0n) is 8.70. The lowest BCUT2D eigenvalue weighted by Crippen LogP contribution is -2.04. The third-order valence-electron chi connectivity index (χ3n) is 1.81. The van der Waals surface area contributed by atoms with Gasteiger partial charge in [-0.3, -0.25) is 0 Å². The van der Waals surface area contributed by atoms with Crippen LogP contribution in [0, 0.1) is 0 Å². The molecule has 0 heterocycles. The molecule has 0 nitrogen and oxygen atoms in total. The second-order valence-electron chi connectivity index (χ2n) is 3.57. The molecule has 0 bridgehead atoms. The number of hydrogen-bond acceptors (Lipinski definition) is 0. The highest BCUT2D eigenvalue weighted by Gasteiger charge is 2.61. The summed E-state index contributed by atoms with van der Waals surface area (Å²) >= 11 is 0.995. The van der Waals surface area contributed by atoms with Crippen molar-refractivity contribution in [2.45, 2.75) is 6.18 Å². The molecule has 0 radical (unpaired) electrons. The summed E-state index contributed by atoms with van der Waals surface area (Å²) in [5, 5.41) is -1.14. The van der Waals surface area contributed by atoms with Crippen LogP contribution in [0.4, 0.5) is 32.6 Å². The minimum atomic E-state index is -9.74. The lowest BCUT2D eigenvalue weighted by molar-refractivity contribution is -0.137. The van der Waals surface area contributed by atoms with Crippen LogP contribution in [-0.4, -0.2) is 0 Å². The summed E-state index contributed by atoms with van der Waals surface area (Å²) in [6, 6.07) is 2.44. The van der Waals surface area contributed by atoms with E-state index in [1.165, 1.54) is 0 Å². The van der Waals surface area contributed by atoms with Gasteiger partial charge < -0.3 is 0 Å². The highest BCUT2D eigenvalue weighted by Crippen LogP contribution is 2.99. The normalized spacial score (nSPS) is 17.8. The molecule has 0 aliphatic rings. The summed E-state index contributed by atoms with van der Waals surface area (Å²) in [4.78, 5) is 0. The molecule has 0 saturated carbocycles. The van der Waals surface area contributed by atoms with Gasteiger partial charge in [-0.15, -0.1) is 0 Å². The Kier molecular flexibility index (Phi) is 3.47. The first-order chi connectivity index (χ1) is 8.07. The van der Waals surface area contributed by atoms with Gasteiger partial charge in [0.15, 0.2) is 0 Å². The van der Waals surface area contributed by atoms with Crippen LogP contribution in [0.2, 0.25) is 0 Å². The average Bonchev–Trinajstić information content (AvgIpc) is 2.11. The first kappa shape index (κ1) is 16.5. The number of rotatable bonds is 2. The molecule has 0 fully saturated rings. The molecule has 0 aromatic heterocycles. The predicted octanol–water partition coefficient (Wildman–Crippen LogP) is 6.74. The average molecular weight is 424 g/mol. The van der Waals surface area contributed by atoms with Gasteiger partial charge in [-0.25, -0.2) is 0 Å². The molecule has 0 aliphatic heterocycles. The topological polar surface area (TPSA) is 0 Å². The highest BCUT2D eigenvalue weighted by atomic mass is 127. The van der Waals surface area contributed by atoms with Gasteiger partial charge in [0, 0.05) is 3.58 Å². The van der Waals surface area contributed by atoms with E-state index in [1.54, 1.807) is 0 Å². The van der Waals surface area contributed by atoms with Gasteiger partial charge in [-0.2, -0.15) is 13.2 Å². The minimum Gasteiger partial charge on any atom is -0.166 e. The van der Waals surface area contributed by atoms with Crippen molar-refractivity contribution in [2.24, 2.45) is 0 Å². The zero-order valence-corrected chi connectivity index (χ0v) is 11.7. The monoisotopic (exact) mass is 424 g/mol. The maximum Gasteiger partial charge on any atom is 0.416 e. The van der Waals surface area contributed by atoms with Gasteiger partial charge >= 0.3 is 16.4 Å². The lowest BCUT2D eigenvalue weighted by atomic mass is 10.1. The second kappa shape index (κ2) is 3.99. The van der Waals surface area contributed by atoms with Gasteiger partial charge in [-0.1, -0.05) is 31.6 Å². The first-order valence-corrected chi connectivity index (χ1v) is 7.47. The SMILES string of the molecule is FC(F)(F)c1ccc(/C(I)=C\S(F)(F)(F)(F)F)cc1. The molecule has 0 spiro atoms. The number of halogens is 9. The Bertz CT molecular complexity index is 510. The van der Waals surface area contributed by atoms with Crippen LogP contribution in [0.25, 0.3) is 3.58 Å². The van der Waals surface area contributed by atoms with Gasteiger partial charge in [-0.05, 0) is 40.3 Å². The summed E-state index contributed by atoms with van der Waals surface area (Å²) in [7, 11) is -9.74. The molecular weight excluding hydrogens is 419 g/mol. The molecule has 19 heavy (non-hydrogen) atoms. The first-order valence-electron chi connectivity index (χ1n) is 4.37. The van der Waals surface area contributed by atoms with Crippen molar-refractivity contribution in [3.8, 4) is 0 Å². The molecule has 10 heteroatoms. The highest BCUT2D eigenvalue weighted by molar-refractivity contribution is 14.1. The van der Waals surface area contributed by atoms with Crippen LogP contribution in [-0.2, 0) is 6.18 Å². The predicted molar refractivity (Wildman–Crippen MR) is 66.6 cm³/mol. The number of hydrogen-bond donors (Lipinski definition) is 0. The van der Waals surface area contributed by atoms with E-state index in [1.807, 2.05) is 0 Å². The largest absolute Gasteiger partial charge is 0.416 e. The van der Waals surface area contributed by atoms with E-state index in [9.17, 15) is 32.6 Å². The fourth-order valence-corrected chi connectivity index (χ4v) is 3.41. The molecule has 0 aliphatic carbocycles. The third kappa shape index (κ3) is 5.97. The minimum absolute atomic E-state index is 0.373. The summed E-state index contributed by atoms with van der Waals surface area (Å²) in [6.45, 7) is 0. The Balaban J connectivity index is 3.18. The van der Waals surface area contributed by atoms with Gasteiger partial charge in [0.25, 0.3) is 0 Å². The van der Waals surface area contributed by atoms with Crippen molar-refractivity contribution in [3.63, 3.8) is 0 Å². The molecule has 1 aromatic carbocycles.